The molecule has 2 aromatic carbocycles. The van der Waals surface area contributed by atoms with Crippen molar-refractivity contribution in [2.45, 2.75) is 13.8 Å². The molecule has 3 nitrogen and oxygen atoms in total. The zero-order valence-electron chi connectivity index (χ0n) is 11.4. The highest BCUT2D eigenvalue weighted by Gasteiger charge is 2.08. The number of nitrogens with zero attached hydrogens (tertiary/aromatic N) is 1. The number of hydrogen-bond donors (Lipinski definition) is 2. The Hall–Kier alpha value is -2.73. The van der Waals surface area contributed by atoms with Crippen molar-refractivity contribution in [3.8, 4) is 17.6 Å². The molecule has 2 N–H and O–H groups in total. The molecule has 0 fully saturated rings. The number of nitriles is 1. The van der Waals surface area contributed by atoms with Gasteiger partial charge in [-0.05, 0) is 65.9 Å². The van der Waals surface area contributed by atoms with Gasteiger partial charge in [0.05, 0.1) is 6.07 Å². The molecule has 0 aliphatic heterocycles. The lowest BCUT2D eigenvalue weighted by molar-refractivity contribution is 0.470. The zero-order valence-corrected chi connectivity index (χ0v) is 11.4. The molecule has 0 aromatic heterocycles. The fraction of sp³-hybridized carbons (Fsp3) is 0.118. The Labute approximate surface area is 118 Å². The van der Waals surface area contributed by atoms with Crippen LogP contribution in [0.25, 0.3) is 5.57 Å². The second-order valence-corrected chi connectivity index (χ2v) is 4.69. The van der Waals surface area contributed by atoms with E-state index in [0.717, 1.165) is 27.8 Å². The monoisotopic (exact) mass is 265 g/mol. The fourth-order valence-corrected chi connectivity index (χ4v) is 2.04. The van der Waals surface area contributed by atoms with Gasteiger partial charge in [-0.2, -0.15) is 5.26 Å². The van der Waals surface area contributed by atoms with Crippen molar-refractivity contribution in [2.75, 3.05) is 0 Å². The average Bonchev–Trinajstić information content (AvgIpc) is 2.43. The Bertz CT molecular complexity index is 671. The maximum atomic E-state index is 9.59. The molecule has 3 heteroatoms. The minimum Gasteiger partial charge on any atom is -0.508 e. The van der Waals surface area contributed by atoms with E-state index in [4.69, 9.17) is 5.26 Å². The molecule has 20 heavy (non-hydrogen) atoms. The molecule has 0 amide bonds. The Morgan fingerprint density at radius 2 is 1.40 bits per heavy atom. The van der Waals surface area contributed by atoms with Gasteiger partial charge in [0, 0.05) is 6.08 Å². The van der Waals surface area contributed by atoms with Crippen LogP contribution in [-0.4, -0.2) is 10.2 Å². The summed E-state index contributed by atoms with van der Waals surface area (Å²) >= 11 is 0. The van der Waals surface area contributed by atoms with Gasteiger partial charge in [-0.3, -0.25) is 0 Å². The third kappa shape index (κ3) is 2.65. The van der Waals surface area contributed by atoms with Crippen LogP contribution in [0, 0.1) is 25.2 Å². The lowest BCUT2D eigenvalue weighted by Crippen LogP contribution is -1.90. The third-order valence-corrected chi connectivity index (χ3v) is 3.22. The molecule has 0 spiro atoms. The van der Waals surface area contributed by atoms with E-state index in [1.165, 1.54) is 6.08 Å². The lowest BCUT2D eigenvalue weighted by atomic mass is 9.95. The summed E-state index contributed by atoms with van der Waals surface area (Å²) in [6.07, 6.45) is 1.47. The van der Waals surface area contributed by atoms with Crippen molar-refractivity contribution in [3.63, 3.8) is 0 Å². The number of aromatic hydroxyl groups is 2. The van der Waals surface area contributed by atoms with Gasteiger partial charge in [0.1, 0.15) is 11.5 Å². The van der Waals surface area contributed by atoms with Crippen LogP contribution in [0.15, 0.2) is 42.5 Å². The third-order valence-electron chi connectivity index (χ3n) is 3.22. The molecule has 0 aliphatic rings. The number of rotatable bonds is 2. The van der Waals surface area contributed by atoms with Crippen LogP contribution < -0.4 is 0 Å². The Morgan fingerprint density at radius 1 is 0.950 bits per heavy atom. The predicted molar refractivity (Wildman–Crippen MR) is 78.4 cm³/mol. The Balaban J connectivity index is 2.57. The van der Waals surface area contributed by atoms with E-state index >= 15 is 0 Å². The number of aryl methyl sites for hydroxylation is 2. The molecule has 0 saturated heterocycles. The first kappa shape index (κ1) is 13.7. The molecule has 0 atom stereocenters. The summed E-state index contributed by atoms with van der Waals surface area (Å²) in [6.45, 7) is 3.62. The van der Waals surface area contributed by atoms with Crippen LogP contribution in [0.5, 0.6) is 11.5 Å². The molecule has 2 rings (SSSR count). The van der Waals surface area contributed by atoms with Crippen LogP contribution in [0.3, 0.4) is 0 Å². The Kier molecular flexibility index (Phi) is 3.76. The largest absolute Gasteiger partial charge is 0.508 e. The first-order valence-electron chi connectivity index (χ1n) is 6.22. The topological polar surface area (TPSA) is 64.2 Å². The quantitative estimate of drug-likeness (QED) is 0.814. The van der Waals surface area contributed by atoms with Gasteiger partial charge >= 0.3 is 0 Å². The normalized spacial score (nSPS) is 9.85. The zero-order chi connectivity index (χ0) is 14.7. The summed E-state index contributed by atoms with van der Waals surface area (Å²) < 4.78 is 0. The van der Waals surface area contributed by atoms with Gasteiger partial charge in [-0.1, -0.05) is 12.1 Å². The van der Waals surface area contributed by atoms with Crippen molar-refractivity contribution in [2.24, 2.45) is 0 Å². The molecule has 2 aromatic rings. The molecule has 0 radical (unpaired) electrons. The second-order valence-electron chi connectivity index (χ2n) is 4.69. The summed E-state index contributed by atoms with van der Waals surface area (Å²) in [5.41, 5.74) is 3.97. The summed E-state index contributed by atoms with van der Waals surface area (Å²) in [5.74, 6) is 0.457. The van der Waals surface area contributed by atoms with Gasteiger partial charge in [0.25, 0.3) is 0 Å². The van der Waals surface area contributed by atoms with Crippen LogP contribution >= 0.6 is 0 Å². The van der Waals surface area contributed by atoms with E-state index in [1.54, 1.807) is 24.3 Å². The Morgan fingerprint density at radius 3 is 1.75 bits per heavy atom. The maximum absolute atomic E-state index is 9.59. The van der Waals surface area contributed by atoms with Gasteiger partial charge < -0.3 is 10.2 Å². The van der Waals surface area contributed by atoms with Crippen molar-refractivity contribution in [1.29, 1.82) is 5.26 Å². The van der Waals surface area contributed by atoms with E-state index in [-0.39, 0.29) is 11.5 Å². The smallest absolute Gasteiger partial charge is 0.118 e. The van der Waals surface area contributed by atoms with Crippen LogP contribution in [0.1, 0.15) is 22.3 Å². The second kappa shape index (κ2) is 5.50. The number of hydrogen-bond acceptors (Lipinski definition) is 3. The van der Waals surface area contributed by atoms with Gasteiger partial charge in [-0.15, -0.1) is 0 Å². The van der Waals surface area contributed by atoms with Crippen LogP contribution in [0.4, 0.5) is 0 Å². The summed E-state index contributed by atoms with van der Waals surface area (Å²) in [4.78, 5) is 0. The van der Waals surface area contributed by atoms with E-state index in [0.29, 0.717) is 0 Å². The van der Waals surface area contributed by atoms with Crippen molar-refractivity contribution in [1.82, 2.24) is 0 Å². The standard InChI is InChI=1S/C17H15NO2/c1-11-9-13(3-5-16(11)19)15(7-8-18)14-4-6-17(20)12(2)10-14/h3-7,9-10,19-20H,1-2H3. The van der Waals surface area contributed by atoms with E-state index in [2.05, 4.69) is 0 Å². The minimum atomic E-state index is 0.229. The number of benzene rings is 2. The number of allylic oxidation sites excluding steroid dienone is 1. The predicted octanol–water partition coefficient (Wildman–Crippen LogP) is 3.67. The van der Waals surface area contributed by atoms with E-state index in [9.17, 15) is 10.2 Å². The first-order chi connectivity index (χ1) is 9.52. The molecule has 0 heterocycles. The number of phenols is 2. The summed E-state index contributed by atoms with van der Waals surface area (Å²) in [6, 6.07) is 12.5. The minimum absolute atomic E-state index is 0.229. The molecule has 100 valence electrons. The highest BCUT2D eigenvalue weighted by atomic mass is 16.3. The van der Waals surface area contributed by atoms with Gasteiger partial charge in [-0.25, -0.2) is 0 Å². The molecule has 0 aliphatic carbocycles. The van der Waals surface area contributed by atoms with Crippen molar-refractivity contribution in [3.05, 3.63) is 64.7 Å². The highest BCUT2D eigenvalue weighted by molar-refractivity contribution is 5.82. The van der Waals surface area contributed by atoms with Gasteiger partial charge in [0.15, 0.2) is 0 Å². The highest BCUT2D eigenvalue weighted by Crippen LogP contribution is 2.29. The van der Waals surface area contributed by atoms with E-state index < -0.39 is 0 Å². The summed E-state index contributed by atoms with van der Waals surface area (Å²) in [7, 11) is 0. The molecule has 0 saturated carbocycles. The van der Waals surface area contributed by atoms with Crippen LogP contribution in [-0.2, 0) is 0 Å². The molecular formula is C17H15NO2. The number of phenolic OH excluding ortho intramolecular Hbond substituents is 2. The van der Waals surface area contributed by atoms with Crippen molar-refractivity contribution < 1.29 is 10.2 Å². The molecular weight excluding hydrogens is 250 g/mol. The molecule has 0 bridgehead atoms. The van der Waals surface area contributed by atoms with Gasteiger partial charge in [0.2, 0.25) is 0 Å². The van der Waals surface area contributed by atoms with Crippen LogP contribution in [0.2, 0.25) is 0 Å². The van der Waals surface area contributed by atoms with E-state index in [1.807, 2.05) is 32.0 Å². The lowest BCUT2D eigenvalue weighted by Gasteiger charge is -2.10. The van der Waals surface area contributed by atoms with Crippen molar-refractivity contribution >= 4 is 5.57 Å². The fourth-order valence-electron chi connectivity index (χ4n) is 2.04. The average molecular weight is 265 g/mol. The first-order valence-corrected chi connectivity index (χ1v) is 6.22. The molecule has 0 unspecified atom stereocenters. The summed E-state index contributed by atoms with van der Waals surface area (Å²) in [5, 5.41) is 28.2. The SMILES string of the molecule is Cc1cc(C(=CC#N)c2ccc(O)c(C)c2)ccc1O. The maximum Gasteiger partial charge on any atom is 0.118 e.